The van der Waals surface area contributed by atoms with Gasteiger partial charge in [0, 0.05) is 10.9 Å². The number of ether oxygens (including phenoxy) is 1. The summed E-state index contributed by atoms with van der Waals surface area (Å²) < 4.78 is 6.02. The second kappa shape index (κ2) is 9.70. The third-order valence-corrected chi connectivity index (χ3v) is 4.59. The number of rotatable bonds is 5. The molecule has 0 amide bonds. The SMILES string of the molecule is CC.Cc1ccc2nc(-c3ccccc3OCc3ccccc3)cc(C(=O)O)c2c1. The van der Waals surface area contributed by atoms with Crippen LogP contribution in [-0.4, -0.2) is 16.1 Å². The molecule has 0 saturated heterocycles. The van der Waals surface area contributed by atoms with E-state index in [1.807, 2.05) is 93.6 Å². The average molecular weight is 399 g/mol. The van der Waals surface area contributed by atoms with Gasteiger partial charge in [0.1, 0.15) is 12.4 Å². The molecule has 4 nitrogen and oxygen atoms in total. The number of benzene rings is 3. The third-order valence-electron chi connectivity index (χ3n) is 4.59. The molecule has 1 aromatic heterocycles. The Morgan fingerprint density at radius 3 is 2.37 bits per heavy atom. The summed E-state index contributed by atoms with van der Waals surface area (Å²) in [6.45, 7) is 6.36. The van der Waals surface area contributed by atoms with E-state index in [0.29, 0.717) is 29.0 Å². The summed E-state index contributed by atoms with van der Waals surface area (Å²) in [7, 11) is 0. The van der Waals surface area contributed by atoms with Crippen molar-refractivity contribution in [1.82, 2.24) is 4.98 Å². The first-order chi connectivity index (χ1) is 14.6. The third kappa shape index (κ3) is 4.66. The Morgan fingerprint density at radius 1 is 0.933 bits per heavy atom. The van der Waals surface area contributed by atoms with E-state index in [0.717, 1.165) is 16.7 Å². The molecule has 0 radical (unpaired) electrons. The minimum absolute atomic E-state index is 0.238. The van der Waals surface area contributed by atoms with E-state index in [9.17, 15) is 9.90 Å². The lowest BCUT2D eigenvalue weighted by atomic mass is 10.0. The molecule has 4 heteroatoms. The van der Waals surface area contributed by atoms with Gasteiger partial charge in [0.25, 0.3) is 0 Å². The predicted octanol–water partition coefficient (Wildman–Crippen LogP) is 6.51. The Labute approximate surface area is 176 Å². The molecule has 1 heterocycles. The molecule has 0 saturated carbocycles. The molecular formula is C26H25NO3. The smallest absolute Gasteiger partial charge is 0.336 e. The highest BCUT2D eigenvalue weighted by molar-refractivity contribution is 6.04. The molecule has 0 spiro atoms. The lowest BCUT2D eigenvalue weighted by molar-refractivity contribution is 0.0699. The number of nitrogens with zero attached hydrogens (tertiary/aromatic N) is 1. The zero-order chi connectivity index (χ0) is 21.5. The van der Waals surface area contributed by atoms with Gasteiger partial charge in [-0.1, -0.05) is 67.9 Å². The number of hydrogen-bond acceptors (Lipinski definition) is 3. The molecule has 152 valence electrons. The van der Waals surface area contributed by atoms with Crippen LogP contribution in [-0.2, 0) is 6.61 Å². The monoisotopic (exact) mass is 399 g/mol. The van der Waals surface area contributed by atoms with Crippen LogP contribution in [0.2, 0.25) is 0 Å². The summed E-state index contributed by atoms with van der Waals surface area (Å²) in [4.78, 5) is 16.5. The van der Waals surface area contributed by atoms with Crippen LogP contribution in [0.15, 0.2) is 78.9 Å². The number of pyridine rings is 1. The van der Waals surface area contributed by atoms with E-state index < -0.39 is 5.97 Å². The van der Waals surface area contributed by atoms with Crippen LogP contribution in [0.5, 0.6) is 5.75 Å². The van der Waals surface area contributed by atoms with E-state index in [1.165, 1.54) is 0 Å². The Morgan fingerprint density at radius 2 is 1.63 bits per heavy atom. The Bertz CT molecular complexity index is 1150. The van der Waals surface area contributed by atoms with Crippen molar-refractivity contribution in [3.05, 3.63) is 95.6 Å². The van der Waals surface area contributed by atoms with Crippen LogP contribution in [0.1, 0.15) is 35.3 Å². The van der Waals surface area contributed by atoms with Crippen molar-refractivity contribution in [1.29, 1.82) is 0 Å². The van der Waals surface area contributed by atoms with E-state index in [4.69, 9.17) is 9.72 Å². The molecule has 4 aromatic rings. The number of carboxylic acids is 1. The maximum atomic E-state index is 11.8. The van der Waals surface area contributed by atoms with Crippen molar-refractivity contribution in [2.75, 3.05) is 0 Å². The Kier molecular flexibility index (Phi) is 6.81. The van der Waals surface area contributed by atoms with E-state index in [2.05, 4.69) is 0 Å². The molecule has 0 fully saturated rings. The van der Waals surface area contributed by atoms with Crippen molar-refractivity contribution >= 4 is 16.9 Å². The second-order valence-corrected chi connectivity index (χ2v) is 6.65. The minimum atomic E-state index is -0.970. The fourth-order valence-electron chi connectivity index (χ4n) is 3.19. The number of para-hydroxylation sites is 1. The molecule has 0 aliphatic carbocycles. The first kappa shape index (κ1) is 21.1. The molecule has 0 unspecified atom stereocenters. The average Bonchev–Trinajstić information content (AvgIpc) is 2.79. The molecule has 1 N–H and O–H groups in total. The Balaban J connectivity index is 0.00000124. The summed E-state index contributed by atoms with van der Waals surface area (Å²) in [5, 5.41) is 10.3. The van der Waals surface area contributed by atoms with Gasteiger partial charge in [-0.3, -0.25) is 0 Å². The van der Waals surface area contributed by atoms with E-state index in [1.54, 1.807) is 6.07 Å². The van der Waals surface area contributed by atoms with Crippen molar-refractivity contribution in [2.24, 2.45) is 0 Å². The zero-order valence-corrected chi connectivity index (χ0v) is 17.4. The summed E-state index contributed by atoms with van der Waals surface area (Å²) in [6, 6.07) is 24.7. The standard InChI is InChI=1S/C24H19NO3.C2H6/c1-16-11-12-21-19(13-16)20(24(26)27)14-22(25-21)18-9-5-6-10-23(18)28-15-17-7-3-2-4-8-17;1-2/h2-14H,15H2,1H3,(H,26,27);1-2H3. The second-order valence-electron chi connectivity index (χ2n) is 6.65. The van der Waals surface area contributed by atoms with Gasteiger partial charge in [-0.2, -0.15) is 0 Å². The number of carboxylic acid groups (broad SMARTS) is 1. The van der Waals surface area contributed by atoms with Crippen LogP contribution < -0.4 is 4.74 Å². The lowest BCUT2D eigenvalue weighted by Gasteiger charge is -2.13. The maximum Gasteiger partial charge on any atom is 0.336 e. The van der Waals surface area contributed by atoms with Gasteiger partial charge >= 0.3 is 5.97 Å². The quantitative estimate of drug-likeness (QED) is 0.415. The Hall–Kier alpha value is -3.66. The maximum absolute atomic E-state index is 11.8. The van der Waals surface area contributed by atoms with Crippen LogP contribution >= 0.6 is 0 Å². The zero-order valence-electron chi connectivity index (χ0n) is 17.4. The molecule has 0 atom stereocenters. The number of fused-ring (bicyclic) bond motifs is 1. The van der Waals surface area contributed by atoms with Crippen molar-refractivity contribution in [2.45, 2.75) is 27.4 Å². The molecular weight excluding hydrogens is 374 g/mol. The van der Waals surface area contributed by atoms with Gasteiger partial charge in [0.2, 0.25) is 0 Å². The fourth-order valence-corrected chi connectivity index (χ4v) is 3.19. The van der Waals surface area contributed by atoms with Crippen molar-refractivity contribution in [3.63, 3.8) is 0 Å². The topological polar surface area (TPSA) is 59.4 Å². The molecule has 3 aromatic carbocycles. The van der Waals surface area contributed by atoms with Crippen molar-refractivity contribution < 1.29 is 14.6 Å². The number of aromatic nitrogens is 1. The van der Waals surface area contributed by atoms with Gasteiger partial charge in [0.05, 0.1) is 16.8 Å². The van der Waals surface area contributed by atoms with Gasteiger partial charge < -0.3 is 9.84 Å². The number of hydrogen-bond donors (Lipinski definition) is 1. The molecule has 30 heavy (non-hydrogen) atoms. The predicted molar refractivity (Wildman–Crippen MR) is 121 cm³/mol. The number of aryl methyl sites for hydroxylation is 1. The highest BCUT2D eigenvalue weighted by atomic mass is 16.5. The molecule has 4 rings (SSSR count). The van der Waals surface area contributed by atoms with E-state index in [-0.39, 0.29) is 5.56 Å². The summed E-state index contributed by atoms with van der Waals surface area (Å²) in [5.41, 5.74) is 4.29. The van der Waals surface area contributed by atoms with E-state index >= 15 is 0 Å². The number of carbonyl (C=O) groups is 1. The van der Waals surface area contributed by atoms with Gasteiger partial charge in [-0.25, -0.2) is 9.78 Å². The van der Waals surface area contributed by atoms with Crippen LogP contribution in [0.3, 0.4) is 0 Å². The number of aromatic carboxylic acids is 1. The van der Waals surface area contributed by atoms with Crippen LogP contribution in [0.4, 0.5) is 0 Å². The molecule has 0 bridgehead atoms. The van der Waals surface area contributed by atoms with Gasteiger partial charge in [-0.15, -0.1) is 0 Å². The van der Waals surface area contributed by atoms with Gasteiger partial charge in [-0.05, 0) is 42.8 Å². The normalized spacial score (nSPS) is 10.2. The molecule has 0 aliphatic heterocycles. The molecule has 0 aliphatic rings. The fraction of sp³-hybridized carbons (Fsp3) is 0.154. The van der Waals surface area contributed by atoms with Crippen LogP contribution in [0, 0.1) is 6.92 Å². The minimum Gasteiger partial charge on any atom is -0.488 e. The first-order valence-electron chi connectivity index (χ1n) is 10.0. The van der Waals surface area contributed by atoms with Gasteiger partial charge in [0.15, 0.2) is 0 Å². The lowest BCUT2D eigenvalue weighted by Crippen LogP contribution is -2.02. The highest BCUT2D eigenvalue weighted by Gasteiger charge is 2.15. The largest absolute Gasteiger partial charge is 0.488 e. The highest BCUT2D eigenvalue weighted by Crippen LogP contribution is 2.32. The first-order valence-corrected chi connectivity index (χ1v) is 10.0. The summed E-state index contributed by atoms with van der Waals surface area (Å²) >= 11 is 0. The van der Waals surface area contributed by atoms with Crippen molar-refractivity contribution in [3.8, 4) is 17.0 Å². The summed E-state index contributed by atoms with van der Waals surface area (Å²) in [5.74, 6) is -0.302. The van der Waals surface area contributed by atoms with Crippen LogP contribution in [0.25, 0.3) is 22.2 Å². The summed E-state index contributed by atoms with van der Waals surface area (Å²) in [6.07, 6.45) is 0.